The summed E-state index contributed by atoms with van der Waals surface area (Å²) in [6.07, 6.45) is 1.87. The van der Waals surface area contributed by atoms with Crippen LogP contribution in [-0.2, 0) is 24.1 Å². The second-order valence-corrected chi connectivity index (χ2v) is 11.1. The van der Waals surface area contributed by atoms with Crippen LogP contribution in [0.15, 0.2) is 90.7 Å². The number of nitrogens with two attached hydrogens (primary N) is 1. The van der Waals surface area contributed by atoms with Crippen LogP contribution in [0.3, 0.4) is 0 Å². The van der Waals surface area contributed by atoms with Crippen LogP contribution < -0.4 is 5.73 Å². The average molecular weight is 545 g/mol. The third-order valence-corrected chi connectivity index (χ3v) is 7.39. The monoisotopic (exact) mass is 544 g/mol. The Morgan fingerprint density at radius 3 is 2.36 bits per heavy atom. The molecule has 4 rings (SSSR count). The van der Waals surface area contributed by atoms with Crippen LogP contribution in [0.5, 0.6) is 0 Å². The van der Waals surface area contributed by atoms with Crippen molar-refractivity contribution in [2.24, 2.45) is 11.7 Å². The molecule has 2 heterocycles. The van der Waals surface area contributed by atoms with Crippen LogP contribution in [0.4, 0.5) is 4.79 Å². The molecule has 2 aromatic carbocycles. The molecule has 0 bridgehead atoms. The van der Waals surface area contributed by atoms with Gasteiger partial charge in [-0.05, 0) is 29.2 Å². The first-order chi connectivity index (χ1) is 18.9. The molecule has 0 saturated carbocycles. The number of hydrogen-bond donors (Lipinski definition) is 2. The Labute approximate surface area is 234 Å². The number of ether oxygens (including phenoxy) is 1. The summed E-state index contributed by atoms with van der Waals surface area (Å²) in [4.78, 5) is 23.9. The SMILES string of the molecule is CC(C)CN(Cc1ccc(-c2ccccn2)cc1)C(Cc1cncs1)C(O)C(Cc1ccccc1)OC(N)=O. The van der Waals surface area contributed by atoms with Gasteiger partial charge in [-0.3, -0.25) is 14.9 Å². The van der Waals surface area contributed by atoms with Crippen molar-refractivity contribution < 1.29 is 14.6 Å². The summed E-state index contributed by atoms with van der Waals surface area (Å²) in [5.74, 6) is 0.346. The number of rotatable bonds is 13. The van der Waals surface area contributed by atoms with Crippen molar-refractivity contribution in [1.82, 2.24) is 14.9 Å². The third-order valence-electron chi connectivity index (χ3n) is 6.59. The molecule has 1 amide bonds. The van der Waals surface area contributed by atoms with Crippen molar-refractivity contribution in [1.29, 1.82) is 0 Å². The average Bonchev–Trinajstić information content (AvgIpc) is 3.45. The summed E-state index contributed by atoms with van der Waals surface area (Å²) in [5, 5.41) is 11.8. The fourth-order valence-corrected chi connectivity index (χ4v) is 5.47. The van der Waals surface area contributed by atoms with Gasteiger partial charge in [0.2, 0.25) is 0 Å². The molecule has 0 radical (unpaired) electrons. The molecule has 0 saturated heterocycles. The second kappa shape index (κ2) is 14.0. The maximum absolute atomic E-state index is 11.9. The molecule has 8 heteroatoms. The van der Waals surface area contributed by atoms with Crippen LogP contribution in [0.2, 0.25) is 0 Å². The summed E-state index contributed by atoms with van der Waals surface area (Å²) in [6.45, 7) is 5.69. The Morgan fingerprint density at radius 2 is 1.74 bits per heavy atom. The van der Waals surface area contributed by atoms with E-state index in [4.69, 9.17) is 10.5 Å². The number of amides is 1. The number of carbonyl (C=O) groups excluding carboxylic acids is 1. The topological polar surface area (TPSA) is 102 Å². The zero-order valence-electron chi connectivity index (χ0n) is 22.4. The van der Waals surface area contributed by atoms with E-state index in [9.17, 15) is 9.90 Å². The van der Waals surface area contributed by atoms with Gasteiger partial charge in [-0.25, -0.2) is 4.79 Å². The summed E-state index contributed by atoms with van der Waals surface area (Å²) in [5.41, 5.74) is 11.3. The van der Waals surface area contributed by atoms with Crippen LogP contribution in [-0.4, -0.2) is 50.9 Å². The molecule has 0 aliphatic heterocycles. The number of carbonyl (C=O) groups is 1. The van der Waals surface area contributed by atoms with Gasteiger partial charge in [0.15, 0.2) is 0 Å². The highest BCUT2D eigenvalue weighted by Gasteiger charge is 2.35. The Kier molecular flexibility index (Phi) is 10.2. The zero-order chi connectivity index (χ0) is 27.6. The maximum atomic E-state index is 11.9. The normalized spacial score (nSPS) is 13.8. The van der Waals surface area contributed by atoms with E-state index < -0.39 is 18.3 Å². The van der Waals surface area contributed by atoms with Crippen molar-refractivity contribution in [3.05, 3.63) is 107 Å². The van der Waals surface area contributed by atoms with Crippen molar-refractivity contribution in [2.75, 3.05) is 6.54 Å². The quantitative estimate of drug-likeness (QED) is 0.236. The predicted molar refractivity (Wildman–Crippen MR) is 155 cm³/mol. The minimum absolute atomic E-state index is 0.337. The second-order valence-electron chi connectivity index (χ2n) is 10.1. The third kappa shape index (κ3) is 8.45. The first-order valence-corrected chi connectivity index (χ1v) is 14.1. The molecule has 2 aromatic heterocycles. The van der Waals surface area contributed by atoms with E-state index in [0.717, 1.165) is 33.8 Å². The van der Waals surface area contributed by atoms with Gasteiger partial charge in [-0.2, -0.15) is 0 Å². The molecule has 3 unspecified atom stereocenters. The van der Waals surface area contributed by atoms with Gasteiger partial charge in [-0.1, -0.05) is 74.5 Å². The first kappa shape index (κ1) is 28.4. The standard InChI is InChI=1S/C31H36N4O3S/c1-22(2)19-35(20-24-11-13-25(14-12-24)27-10-6-7-15-34-27)28(17-26-18-33-21-39-26)30(36)29(38-31(32)37)16-23-8-4-3-5-9-23/h3-15,18,21-22,28-30,36H,16-17,19-20H2,1-2H3,(H2,32,37). The summed E-state index contributed by atoms with van der Waals surface area (Å²) >= 11 is 1.55. The lowest BCUT2D eigenvalue weighted by Crippen LogP contribution is -2.52. The smallest absolute Gasteiger partial charge is 0.404 e. The van der Waals surface area contributed by atoms with E-state index in [2.05, 4.69) is 53.0 Å². The van der Waals surface area contributed by atoms with Crippen molar-refractivity contribution >= 4 is 17.4 Å². The van der Waals surface area contributed by atoms with E-state index >= 15 is 0 Å². The molecule has 0 aliphatic rings. The number of primary amides is 1. The zero-order valence-corrected chi connectivity index (χ0v) is 23.2. The van der Waals surface area contributed by atoms with E-state index in [-0.39, 0.29) is 6.04 Å². The molecule has 3 N–H and O–H groups in total. The number of nitrogens with zero attached hydrogens (tertiary/aromatic N) is 3. The number of benzene rings is 2. The molecular formula is C31H36N4O3S. The molecular weight excluding hydrogens is 508 g/mol. The first-order valence-electron chi connectivity index (χ1n) is 13.2. The highest BCUT2D eigenvalue weighted by atomic mass is 32.1. The lowest BCUT2D eigenvalue weighted by Gasteiger charge is -2.38. The van der Waals surface area contributed by atoms with Crippen LogP contribution >= 0.6 is 11.3 Å². The molecule has 3 atom stereocenters. The molecule has 4 aromatic rings. The number of aromatic nitrogens is 2. The minimum Gasteiger partial charge on any atom is -0.443 e. The lowest BCUT2D eigenvalue weighted by atomic mass is 9.94. The number of aliphatic hydroxyl groups is 1. The van der Waals surface area contributed by atoms with Crippen molar-refractivity contribution in [2.45, 2.75) is 51.5 Å². The van der Waals surface area contributed by atoms with Crippen molar-refractivity contribution in [3.63, 3.8) is 0 Å². The summed E-state index contributed by atoms with van der Waals surface area (Å²) < 4.78 is 5.53. The highest BCUT2D eigenvalue weighted by molar-refractivity contribution is 7.09. The molecule has 0 fully saturated rings. The largest absolute Gasteiger partial charge is 0.443 e. The predicted octanol–water partition coefficient (Wildman–Crippen LogP) is 5.34. The summed E-state index contributed by atoms with van der Waals surface area (Å²) in [6, 6.07) is 23.6. The molecule has 204 valence electrons. The molecule has 0 spiro atoms. The molecule has 39 heavy (non-hydrogen) atoms. The Bertz CT molecular complexity index is 1270. The van der Waals surface area contributed by atoms with Gasteiger partial charge in [0.05, 0.1) is 11.2 Å². The van der Waals surface area contributed by atoms with E-state index in [1.165, 1.54) is 0 Å². The van der Waals surface area contributed by atoms with Gasteiger partial charge in [0.25, 0.3) is 0 Å². The molecule has 7 nitrogen and oxygen atoms in total. The lowest BCUT2D eigenvalue weighted by molar-refractivity contribution is -0.0474. The fourth-order valence-electron chi connectivity index (χ4n) is 4.83. The van der Waals surface area contributed by atoms with Gasteiger partial charge in [0, 0.05) is 54.8 Å². The summed E-state index contributed by atoms with van der Waals surface area (Å²) in [7, 11) is 0. The number of aliphatic hydroxyl groups excluding tert-OH is 1. The minimum atomic E-state index is -0.980. The van der Waals surface area contributed by atoms with Gasteiger partial charge in [0.1, 0.15) is 12.2 Å². The number of pyridine rings is 1. The Hall–Kier alpha value is -3.59. The molecule has 0 aliphatic carbocycles. The van der Waals surface area contributed by atoms with Gasteiger partial charge < -0.3 is 15.6 Å². The maximum Gasteiger partial charge on any atom is 0.404 e. The Balaban J connectivity index is 1.63. The van der Waals surface area contributed by atoms with Crippen LogP contribution in [0, 0.1) is 5.92 Å². The highest BCUT2D eigenvalue weighted by Crippen LogP contribution is 2.25. The van der Waals surface area contributed by atoms with Crippen LogP contribution in [0.25, 0.3) is 11.3 Å². The van der Waals surface area contributed by atoms with Crippen LogP contribution in [0.1, 0.15) is 29.9 Å². The van der Waals surface area contributed by atoms with E-state index in [0.29, 0.717) is 25.3 Å². The van der Waals surface area contributed by atoms with Crippen molar-refractivity contribution in [3.8, 4) is 11.3 Å². The van der Waals surface area contributed by atoms with E-state index in [1.54, 1.807) is 23.0 Å². The fraction of sp³-hybridized carbons (Fsp3) is 0.323. The van der Waals surface area contributed by atoms with Gasteiger partial charge >= 0.3 is 6.09 Å². The number of hydrogen-bond acceptors (Lipinski definition) is 7. The van der Waals surface area contributed by atoms with E-state index in [1.807, 2.05) is 54.7 Å². The van der Waals surface area contributed by atoms with Gasteiger partial charge in [-0.15, -0.1) is 11.3 Å². The Morgan fingerprint density at radius 1 is 1.00 bits per heavy atom. The number of thiazole rings is 1.